The number of sulfonamides is 1. The Hall–Kier alpha value is -3.13. The lowest BCUT2D eigenvalue weighted by Gasteiger charge is -2.35. The number of hydrogen-bond acceptors (Lipinski definition) is 6. The number of carbonyl (C=O) groups excluding carboxylic acids is 1. The number of rotatable bonds is 7. The van der Waals surface area contributed by atoms with Crippen molar-refractivity contribution in [3.63, 3.8) is 0 Å². The molecule has 0 aliphatic carbocycles. The van der Waals surface area contributed by atoms with Gasteiger partial charge in [0.25, 0.3) is 26.1 Å². The molecule has 3 aliphatic rings. The quantitative estimate of drug-likeness (QED) is 0.509. The van der Waals surface area contributed by atoms with Gasteiger partial charge in [-0.15, -0.1) is 0 Å². The first-order valence-corrected chi connectivity index (χ1v) is 15.8. The average Bonchev–Trinajstić information content (AvgIpc) is 3.56. The van der Waals surface area contributed by atoms with Crippen molar-refractivity contribution in [2.45, 2.75) is 57.6 Å². The van der Waals surface area contributed by atoms with Gasteiger partial charge in [-0.1, -0.05) is 51.1 Å². The molecule has 3 aliphatic heterocycles. The minimum atomic E-state index is -4.31. The van der Waals surface area contributed by atoms with E-state index in [0.29, 0.717) is 18.7 Å². The van der Waals surface area contributed by atoms with E-state index in [1.807, 2.05) is 20.8 Å². The topological polar surface area (TPSA) is 136 Å². The summed E-state index contributed by atoms with van der Waals surface area (Å²) in [5, 5.41) is 11.4. The lowest BCUT2D eigenvalue weighted by atomic mass is 9.84. The normalized spacial score (nSPS) is 21.3. The van der Waals surface area contributed by atoms with Crippen LogP contribution in [0.1, 0.15) is 50.3 Å². The van der Waals surface area contributed by atoms with Crippen LogP contribution in [0.25, 0.3) is 0 Å². The summed E-state index contributed by atoms with van der Waals surface area (Å²) in [7, 11) is -8.11. The second-order valence-corrected chi connectivity index (χ2v) is 14.5. The van der Waals surface area contributed by atoms with E-state index < -0.39 is 43.4 Å². The summed E-state index contributed by atoms with van der Waals surface area (Å²) >= 11 is 0. The van der Waals surface area contributed by atoms with Gasteiger partial charge in [-0.2, -0.15) is 30.3 Å². The number of nitrogens with one attached hydrogen (secondary N) is 1. The number of halogens is 1. The maximum Gasteiger partial charge on any atom is 0.283 e. The molecule has 10 nitrogen and oxygen atoms in total. The standard InChI is InChI=1S/C27H31FN4O6S2/c1-27(2,3)25-23(33)21(26(34)32(25)16-17-9-11-19(28)12-10-17)22-20-8-6-7-18(24(20)39(35,36)30-22)15-29-40(37,38)31-13-4-5-14-31/h6-12,25,29,33H,4-5,13-16H2,1-3H3. The van der Waals surface area contributed by atoms with Crippen LogP contribution in [0.3, 0.4) is 0 Å². The third-order valence-corrected chi connectivity index (χ3v) is 10.3. The Morgan fingerprint density at radius 1 is 1.10 bits per heavy atom. The maximum absolute atomic E-state index is 13.8. The first-order chi connectivity index (χ1) is 18.7. The van der Waals surface area contributed by atoms with Crippen LogP contribution < -0.4 is 4.72 Å². The van der Waals surface area contributed by atoms with Crippen molar-refractivity contribution in [3.8, 4) is 0 Å². The van der Waals surface area contributed by atoms with Gasteiger partial charge in [-0.25, -0.2) is 4.39 Å². The molecule has 0 aromatic heterocycles. The maximum atomic E-state index is 13.8. The molecule has 0 bridgehead atoms. The Bertz CT molecular complexity index is 1640. The van der Waals surface area contributed by atoms with Gasteiger partial charge in [0.2, 0.25) is 0 Å². The molecule has 1 atom stereocenters. The first kappa shape index (κ1) is 28.4. The van der Waals surface area contributed by atoms with Gasteiger partial charge in [0.05, 0.1) is 6.04 Å². The molecule has 2 aromatic carbocycles. The zero-order valence-corrected chi connectivity index (χ0v) is 24.0. The van der Waals surface area contributed by atoms with E-state index in [1.165, 1.54) is 33.5 Å². The monoisotopic (exact) mass is 590 g/mol. The minimum absolute atomic E-state index is 0.0554. The molecule has 2 N–H and O–H groups in total. The summed E-state index contributed by atoms with van der Waals surface area (Å²) in [5.41, 5.74) is -0.120. The summed E-state index contributed by atoms with van der Waals surface area (Å²) in [4.78, 5) is 15.0. The van der Waals surface area contributed by atoms with Crippen LogP contribution in [-0.4, -0.2) is 61.9 Å². The minimum Gasteiger partial charge on any atom is -0.509 e. The second-order valence-electron chi connectivity index (χ2n) is 11.2. The molecule has 1 fully saturated rings. The molecular weight excluding hydrogens is 559 g/mol. The van der Waals surface area contributed by atoms with Crippen molar-refractivity contribution in [3.05, 3.63) is 76.3 Å². The number of nitrogens with zero attached hydrogens (tertiary/aromatic N) is 3. The predicted octanol–water partition coefficient (Wildman–Crippen LogP) is 3.02. The smallest absolute Gasteiger partial charge is 0.283 e. The summed E-state index contributed by atoms with van der Waals surface area (Å²) < 4.78 is 73.1. The molecule has 13 heteroatoms. The van der Waals surface area contributed by atoms with Gasteiger partial charge in [-0.05, 0) is 41.5 Å². The Kier molecular flexibility index (Phi) is 7.14. The van der Waals surface area contributed by atoms with Crippen molar-refractivity contribution in [2.24, 2.45) is 9.81 Å². The van der Waals surface area contributed by atoms with Crippen LogP contribution in [0.15, 0.2) is 63.1 Å². The van der Waals surface area contributed by atoms with Crippen LogP contribution in [0.2, 0.25) is 0 Å². The molecular formula is C27H31FN4O6S2. The van der Waals surface area contributed by atoms with Crippen LogP contribution in [-0.2, 0) is 38.1 Å². The Balaban J connectivity index is 1.51. The molecule has 214 valence electrons. The SMILES string of the molecule is CC(C)(C)C1C(O)=C(C2=NS(=O)(=O)c3c(CNS(=O)(=O)N4CCCC4)cccc32)C(=O)N1Cc1ccc(F)cc1. The number of amides is 1. The van der Waals surface area contributed by atoms with Gasteiger partial charge in [-0.3, -0.25) is 4.79 Å². The van der Waals surface area contributed by atoms with Crippen molar-refractivity contribution >= 4 is 31.9 Å². The van der Waals surface area contributed by atoms with E-state index in [4.69, 9.17) is 0 Å². The molecule has 1 saturated heterocycles. The molecule has 1 unspecified atom stereocenters. The van der Waals surface area contributed by atoms with Crippen molar-refractivity contribution in [2.75, 3.05) is 13.1 Å². The van der Waals surface area contributed by atoms with Gasteiger partial charge in [0.1, 0.15) is 27.8 Å². The molecule has 40 heavy (non-hydrogen) atoms. The Labute approximate surface area is 233 Å². The molecule has 0 radical (unpaired) electrons. The molecule has 0 spiro atoms. The van der Waals surface area contributed by atoms with E-state index in [1.54, 1.807) is 18.2 Å². The zero-order valence-electron chi connectivity index (χ0n) is 22.4. The fourth-order valence-corrected chi connectivity index (χ4v) is 8.20. The van der Waals surface area contributed by atoms with Crippen molar-refractivity contribution in [1.29, 1.82) is 0 Å². The summed E-state index contributed by atoms with van der Waals surface area (Å²) in [6.07, 6.45) is 1.52. The van der Waals surface area contributed by atoms with Crippen LogP contribution in [0.5, 0.6) is 0 Å². The van der Waals surface area contributed by atoms with E-state index >= 15 is 0 Å². The van der Waals surface area contributed by atoms with E-state index in [2.05, 4.69) is 9.12 Å². The number of fused-ring (bicyclic) bond motifs is 1. The summed E-state index contributed by atoms with van der Waals surface area (Å²) in [5.74, 6) is -1.34. The number of benzene rings is 2. The average molecular weight is 591 g/mol. The highest BCUT2D eigenvalue weighted by molar-refractivity contribution is 7.91. The van der Waals surface area contributed by atoms with Crippen molar-refractivity contribution < 1.29 is 31.1 Å². The Morgan fingerprint density at radius 3 is 2.38 bits per heavy atom. The van der Waals surface area contributed by atoms with E-state index in [9.17, 15) is 31.1 Å². The van der Waals surface area contributed by atoms with Crippen LogP contribution in [0, 0.1) is 11.2 Å². The third kappa shape index (κ3) is 5.06. The second kappa shape index (κ2) is 10.1. The Morgan fingerprint density at radius 2 is 1.75 bits per heavy atom. The van der Waals surface area contributed by atoms with E-state index in [-0.39, 0.29) is 46.2 Å². The highest BCUT2D eigenvalue weighted by Crippen LogP contribution is 2.41. The van der Waals surface area contributed by atoms with Crippen LogP contribution in [0.4, 0.5) is 4.39 Å². The fraction of sp³-hybridized carbons (Fsp3) is 0.407. The highest BCUT2D eigenvalue weighted by atomic mass is 32.2. The lowest BCUT2D eigenvalue weighted by molar-refractivity contribution is -0.129. The van der Waals surface area contributed by atoms with E-state index in [0.717, 1.165) is 12.8 Å². The van der Waals surface area contributed by atoms with Gasteiger partial charge in [0.15, 0.2) is 0 Å². The lowest BCUT2D eigenvalue weighted by Crippen LogP contribution is -2.43. The number of carbonyl (C=O) groups is 1. The molecule has 0 saturated carbocycles. The molecule has 2 aromatic rings. The number of hydrogen-bond donors (Lipinski definition) is 2. The highest BCUT2D eigenvalue weighted by Gasteiger charge is 2.49. The first-order valence-electron chi connectivity index (χ1n) is 12.9. The summed E-state index contributed by atoms with van der Waals surface area (Å²) in [6.45, 7) is 6.08. The van der Waals surface area contributed by atoms with Gasteiger partial charge >= 0.3 is 0 Å². The van der Waals surface area contributed by atoms with Gasteiger partial charge in [0, 0.05) is 31.7 Å². The van der Waals surface area contributed by atoms with Crippen molar-refractivity contribution in [1.82, 2.24) is 13.9 Å². The third-order valence-electron chi connectivity index (χ3n) is 7.30. The predicted molar refractivity (Wildman–Crippen MR) is 147 cm³/mol. The molecule has 3 heterocycles. The molecule has 1 amide bonds. The summed E-state index contributed by atoms with van der Waals surface area (Å²) in [6, 6.07) is 9.37. The largest absolute Gasteiger partial charge is 0.509 e. The number of aliphatic hydroxyl groups is 1. The fourth-order valence-electron chi connectivity index (χ4n) is 5.50. The molecule has 5 rings (SSSR count). The van der Waals surface area contributed by atoms with Crippen LogP contribution >= 0.6 is 0 Å². The number of aliphatic hydroxyl groups excluding tert-OH is 1. The van der Waals surface area contributed by atoms with Gasteiger partial charge < -0.3 is 10.0 Å². The zero-order chi connectivity index (χ0) is 29.0.